The highest BCUT2D eigenvalue weighted by molar-refractivity contribution is 7.12. The maximum Gasteiger partial charge on any atom is 0.302 e. The second kappa shape index (κ2) is 5.93. The van der Waals surface area contributed by atoms with Crippen LogP contribution in [-0.2, 0) is 6.42 Å². The molecule has 6 nitrogen and oxygen atoms in total. The molecule has 0 radical (unpaired) electrons. The van der Waals surface area contributed by atoms with Crippen LogP contribution in [0, 0.1) is 0 Å². The number of benzene rings is 1. The molecule has 1 N–H and O–H groups in total. The molecule has 0 spiro atoms. The third kappa shape index (κ3) is 2.59. The van der Waals surface area contributed by atoms with Crippen LogP contribution in [0.5, 0.6) is 0 Å². The predicted octanol–water partition coefficient (Wildman–Crippen LogP) is 3.19. The zero-order valence-electron chi connectivity index (χ0n) is 12.6. The van der Waals surface area contributed by atoms with Gasteiger partial charge < -0.3 is 9.32 Å². The van der Waals surface area contributed by atoms with Crippen LogP contribution in [0.4, 0.5) is 11.7 Å². The summed E-state index contributed by atoms with van der Waals surface area (Å²) < 4.78 is 5.22. The normalized spacial score (nSPS) is 12.9. The molecule has 0 bridgehead atoms. The average molecular weight is 339 g/mol. The Kier molecular flexibility index (Phi) is 3.62. The van der Waals surface area contributed by atoms with E-state index in [1.165, 1.54) is 17.6 Å². The first-order valence-corrected chi connectivity index (χ1v) is 8.30. The lowest BCUT2D eigenvalue weighted by atomic mass is 10.2. The number of para-hydroxylation sites is 1. The number of carbonyl (C=O) groups excluding carboxylic acids is 2. The van der Waals surface area contributed by atoms with Crippen molar-refractivity contribution >= 4 is 34.9 Å². The number of thiophene rings is 1. The number of nitrogens with one attached hydrogen (secondary N) is 1. The molecule has 120 valence electrons. The van der Waals surface area contributed by atoms with Crippen LogP contribution in [0.25, 0.3) is 0 Å². The molecule has 7 heteroatoms. The largest absolute Gasteiger partial charge is 0.431 e. The maximum absolute atomic E-state index is 12.6. The van der Waals surface area contributed by atoms with E-state index in [0.717, 1.165) is 17.7 Å². The smallest absolute Gasteiger partial charge is 0.302 e. The van der Waals surface area contributed by atoms with Crippen LogP contribution in [0.1, 0.15) is 25.7 Å². The number of oxazole rings is 1. The molecule has 0 saturated heterocycles. The molecular formula is C17H13N3O3S. The first kappa shape index (κ1) is 14.6. The summed E-state index contributed by atoms with van der Waals surface area (Å²) in [5.74, 6) is -0.544. The predicted molar refractivity (Wildman–Crippen MR) is 90.6 cm³/mol. The van der Waals surface area contributed by atoms with Gasteiger partial charge in [-0.2, -0.15) is 4.98 Å². The summed E-state index contributed by atoms with van der Waals surface area (Å²) in [7, 11) is 0. The lowest BCUT2D eigenvalue weighted by Gasteiger charge is -2.15. The minimum atomic E-state index is -0.308. The summed E-state index contributed by atoms with van der Waals surface area (Å²) in [5, 5.41) is 4.36. The molecule has 4 rings (SSSR count). The van der Waals surface area contributed by atoms with Gasteiger partial charge in [-0.05, 0) is 29.5 Å². The molecule has 24 heavy (non-hydrogen) atoms. The molecule has 2 aromatic heterocycles. The average Bonchev–Trinajstić information content (AvgIpc) is 3.34. The number of amides is 2. The van der Waals surface area contributed by atoms with Crippen molar-refractivity contribution < 1.29 is 14.0 Å². The SMILES string of the molecule is O=C(Nc1nc(C(=O)N2CCc3ccccc32)co1)c1cccs1. The molecule has 3 aromatic rings. The summed E-state index contributed by atoms with van der Waals surface area (Å²) in [6.07, 6.45) is 2.09. The highest BCUT2D eigenvalue weighted by atomic mass is 32.1. The Balaban J connectivity index is 1.51. The summed E-state index contributed by atoms with van der Waals surface area (Å²) >= 11 is 1.32. The van der Waals surface area contributed by atoms with Gasteiger partial charge in [-0.3, -0.25) is 14.9 Å². The van der Waals surface area contributed by atoms with Gasteiger partial charge in [0.2, 0.25) is 0 Å². The van der Waals surface area contributed by atoms with Crippen molar-refractivity contribution in [3.8, 4) is 0 Å². The number of carbonyl (C=O) groups is 2. The van der Waals surface area contributed by atoms with Crippen molar-refractivity contribution in [2.24, 2.45) is 0 Å². The van der Waals surface area contributed by atoms with E-state index in [2.05, 4.69) is 10.3 Å². The fourth-order valence-corrected chi connectivity index (χ4v) is 3.30. The zero-order valence-corrected chi connectivity index (χ0v) is 13.4. The van der Waals surface area contributed by atoms with Crippen LogP contribution >= 0.6 is 11.3 Å². The van der Waals surface area contributed by atoms with Gasteiger partial charge in [0.25, 0.3) is 11.8 Å². The molecule has 1 aromatic carbocycles. The van der Waals surface area contributed by atoms with E-state index < -0.39 is 0 Å². The third-order valence-electron chi connectivity index (χ3n) is 3.82. The van der Waals surface area contributed by atoms with Crippen molar-refractivity contribution in [1.29, 1.82) is 0 Å². The summed E-state index contributed by atoms with van der Waals surface area (Å²) in [5.41, 5.74) is 2.21. The zero-order chi connectivity index (χ0) is 16.5. The third-order valence-corrected chi connectivity index (χ3v) is 4.69. The van der Waals surface area contributed by atoms with Gasteiger partial charge in [0.05, 0.1) is 4.88 Å². The van der Waals surface area contributed by atoms with Crippen molar-refractivity contribution in [2.45, 2.75) is 6.42 Å². The number of hydrogen-bond acceptors (Lipinski definition) is 5. The maximum atomic E-state index is 12.6. The minimum absolute atomic E-state index is 0.0178. The Morgan fingerprint density at radius 1 is 1.21 bits per heavy atom. The Bertz CT molecular complexity index is 901. The van der Waals surface area contributed by atoms with Gasteiger partial charge in [0.15, 0.2) is 5.69 Å². The van der Waals surface area contributed by atoms with Crippen LogP contribution in [0.15, 0.2) is 52.5 Å². The molecule has 3 heterocycles. The summed E-state index contributed by atoms with van der Waals surface area (Å²) in [4.78, 5) is 30.9. The Morgan fingerprint density at radius 3 is 2.92 bits per heavy atom. The minimum Gasteiger partial charge on any atom is -0.431 e. The lowest BCUT2D eigenvalue weighted by Crippen LogP contribution is -2.29. The topological polar surface area (TPSA) is 75.4 Å². The first-order valence-electron chi connectivity index (χ1n) is 7.42. The van der Waals surface area contributed by atoms with Crippen molar-refractivity contribution in [3.05, 3.63) is 64.2 Å². The molecular weight excluding hydrogens is 326 g/mol. The number of nitrogens with zero attached hydrogens (tertiary/aromatic N) is 2. The Morgan fingerprint density at radius 2 is 2.08 bits per heavy atom. The quantitative estimate of drug-likeness (QED) is 0.795. The lowest BCUT2D eigenvalue weighted by molar-refractivity contribution is 0.0982. The van der Waals surface area contributed by atoms with Crippen molar-refractivity contribution in [1.82, 2.24) is 4.98 Å². The second-order valence-electron chi connectivity index (χ2n) is 5.30. The van der Waals surface area contributed by atoms with E-state index in [4.69, 9.17) is 4.42 Å². The van der Waals surface area contributed by atoms with Gasteiger partial charge in [-0.1, -0.05) is 24.3 Å². The number of hydrogen-bond donors (Lipinski definition) is 1. The highest BCUT2D eigenvalue weighted by Crippen LogP contribution is 2.28. The van der Waals surface area contributed by atoms with Crippen LogP contribution in [0.3, 0.4) is 0 Å². The van der Waals surface area contributed by atoms with E-state index in [1.54, 1.807) is 17.0 Å². The molecule has 0 unspecified atom stereocenters. The number of rotatable bonds is 3. The van der Waals surface area contributed by atoms with E-state index in [9.17, 15) is 9.59 Å². The number of aromatic nitrogens is 1. The molecule has 1 aliphatic heterocycles. The van der Waals surface area contributed by atoms with Crippen molar-refractivity contribution in [2.75, 3.05) is 16.8 Å². The van der Waals surface area contributed by atoms with E-state index in [1.807, 2.05) is 29.6 Å². The van der Waals surface area contributed by atoms with E-state index >= 15 is 0 Å². The van der Waals surface area contributed by atoms with E-state index in [0.29, 0.717) is 11.4 Å². The molecule has 0 atom stereocenters. The van der Waals surface area contributed by atoms with Gasteiger partial charge >= 0.3 is 6.01 Å². The Hall–Kier alpha value is -2.93. The van der Waals surface area contributed by atoms with Crippen LogP contribution in [0.2, 0.25) is 0 Å². The number of anilines is 2. The highest BCUT2D eigenvalue weighted by Gasteiger charge is 2.27. The van der Waals surface area contributed by atoms with Gasteiger partial charge in [0, 0.05) is 12.2 Å². The first-order chi connectivity index (χ1) is 11.7. The van der Waals surface area contributed by atoms with Gasteiger partial charge in [-0.25, -0.2) is 0 Å². The molecule has 0 saturated carbocycles. The fourth-order valence-electron chi connectivity index (χ4n) is 2.68. The van der Waals surface area contributed by atoms with Gasteiger partial charge in [-0.15, -0.1) is 11.3 Å². The van der Waals surface area contributed by atoms with E-state index in [-0.39, 0.29) is 23.5 Å². The standard InChI is InChI=1S/C17H13N3O3S/c21-15(14-6-3-9-24-14)19-17-18-12(10-23-17)16(22)20-8-7-11-4-1-2-5-13(11)20/h1-6,9-10H,7-8H2,(H,18,19,21). The number of fused-ring (bicyclic) bond motifs is 1. The molecule has 2 amide bonds. The monoisotopic (exact) mass is 339 g/mol. The molecule has 0 aliphatic carbocycles. The van der Waals surface area contributed by atoms with Crippen LogP contribution < -0.4 is 10.2 Å². The molecule has 1 aliphatic rings. The van der Waals surface area contributed by atoms with Crippen LogP contribution in [-0.4, -0.2) is 23.3 Å². The summed E-state index contributed by atoms with van der Waals surface area (Å²) in [6, 6.07) is 11.3. The summed E-state index contributed by atoms with van der Waals surface area (Å²) in [6.45, 7) is 0.613. The second-order valence-corrected chi connectivity index (χ2v) is 6.25. The van der Waals surface area contributed by atoms with Crippen molar-refractivity contribution in [3.63, 3.8) is 0 Å². The molecule has 0 fully saturated rings. The Labute approximate surface area is 141 Å². The van der Waals surface area contributed by atoms with Gasteiger partial charge in [0.1, 0.15) is 6.26 Å². The fraction of sp³-hybridized carbons (Fsp3) is 0.118.